The number of nitrogens with two attached hydrogens (primary N) is 1. The minimum atomic E-state index is 0.786. The highest BCUT2D eigenvalue weighted by atomic mass is 15.3. The van der Waals surface area contributed by atoms with Gasteiger partial charge in [-0.1, -0.05) is 78.1 Å². The van der Waals surface area contributed by atoms with E-state index in [0.29, 0.717) is 0 Å². The van der Waals surface area contributed by atoms with Gasteiger partial charge in [0, 0.05) is 5.69 Å². The van der Waals surface area contributed by atoms with Crippen molar-refractivity contribution < 1.29 is 0 Å². The molecule has 2 aromatic rings. The molecule has 0 saturated carbocycles. The lowest BCUT2D eigenvalue weighted by molar-refractivity contribution is 0.211. The molecule has 0 spiro atoms. The van der Waals surface area contributed by atoms with Gasteiger partial charge in [0.15, 0.2) is 0 Å². The summed E-state index contributed by atoms with van der Waals surface area (Å²) in [6, 6.07) is 6.05. The Bertz CT molecular complexity index is 633. The smallest absolute Gasteiger partial charge is 0.0969 e. The topological polar surface area (TPSA) is 47.1 Å². The summed E-state index contributed by atoms with van der Waals surface area (Å²) >= 11 is 0. The summed E-state index contributed by atoms with van der Waals surface area (Å²) in [5, 5.41) is 0. The third-order valence-electron chi connectivity index (χ3n) is 5.65. The van der Waals surface area contributed by atoms with Crippen LogP contribution in [-0.4, -0.2) is 27.5 Å². The van der Waals surface area contributed by atoms with Crippen molar-refractivity contribution in [3.63, 3.8) is 0 Å². The Morgan fingerprint density at radius 2 is 1.39 bits per heavy atom. The molecule has 0 saturated heterocycles. The molecule has 0 aliphatic carbocycles. The van der Waals surface area contributed by atoms with E-state index in [4.69, 9.17) is 5.73 Å². The summed E-state index contributed by atoms with van der Waals surface area (Å²) in [5.74, 6) is 0. The second kappa shape index (κ2) is 13.6. The molecular formula is C24H42N4. The summed E-state index contributed by atoms with van der Waals surface area (Å²) in [6.07, 6.45) is 18.2. The minimum absolute atomic E-state index is 0.786. The molecule has 0 atom stereocenters. The van der Waals surface area contributed by atoms with Gasteiger partial charge in [0.25, 0.3) is 0 Å². The summed E-state index contributed by atoms with van der Waals surface area (Å²) in [5.41, 5.74) is 8.88. The zero-order valence-corrected chi connectivity index (χ0v) is 18.3. The summed E-state index contributed by atoms with van der Waals surface area (Å²) in [4.78, 5) is 7.17. The number of nitrogens with zero attached hydrogens (tertiary/aromatic N) is 3. The van der Waals surface area contributed by atoms with Gasteiger partial charge in [-0.2, -0.15) is 0 Å². The number of benzene rings is 1. The highest BCUT2D eigenvalue weighted by molar-refractivity contribution is 5.78. The maximum atomic E-state index is 5.91. The van der Waals surface area contributed by atoms with Crippen LogP contribution in [0.3, 0.4) is 0 Å². The molecule has 0 bridgehead atoms. The Kier molecular flexibility index (Phi) is 11.0. The van der Waals surface area contributed by atoms with Gasteiger partial charge in [-0.05, 0) is 44.1 Å². The molecule has 0 unspecified atom stereocenters. The number of hydrogen-bond donors (Lipinski definition) is 1. The second-order valence-corrected chi connectivity index (χ2v) is 8.26. The molecule has 4 heteroatoms. The van der Waals surface area contributed by atoms with Crippen LogP contribution < -0.4 is 5.73 Å². The molecule has 0 fully saturated rings. The average molecular weight is 387 g/mol. The maximum absolute atomic E-state index is 5.91. The zero-order chi connectivity index (χ0) is 20.0. The third kappa shape index (κ3) is 8.22. The molecule has 0 radical (unpaired) electrons. The standard InChI is InChI=1S/C24H42N4/c1-3-5-7-9-11-13-17-27(18-14-12-10-8-6-4-2)21-28-20-26-23-19-22(25)15-16-24(23)28/h15-16,19-20H,3-14,17-18,21,25H2,1-2H3. The molecule has 1 aromatic heterocycles. The predicted molar refractivity (Wildman–Crippen MR) is 122 cm³/mol. The number of anilines is 1. The van der Waals surface area contributed by atoms with Gasteiger partial charge in [0.1, 0.15) is 0 Å². The fraction of sp³-hybridized carbons (Fsp3) is 0.708. The highest BCUT2D eigenvalue weighted by Crippen LogP contribution is 2.17. The lowest BCUT2D eigenvalue weighted by atomic mass is 10.1. The molecule has 0 amide bonds. The minimum Gasteiger partial charge on any atom is -0.399 e. The molecule has 4 nitrogen and oxygen atoms in total. The average Bonchev–Trinajstić information content (AvgIpc) is 3.08. The van der Waals surface area contributed by atoms with E-state index in [9.17, 15) is 0 Å². The Morgan fingerprint density at radius 3 is 2.00 bits per heavy atom. The van der Waals surface area contributed by atoms with E-state index >= 15 is 0 Å². The van der Waals surface area contributed by atoms with Gasteiger partial charge in [0.2, 0.25) is 0 Å². The fourth-order valence-corrected chi connectivity index (χ4v) is 3.89. The quantitative estimate of drug-likeness (QED) is 0.261. The maximum Gasteiger partial charge on any atom is 0.0969 e. The van der Waals surface area contributed by atoms with E-state index in [1.165, 1.54) is 95.7 Å². The summed E-state index contributed by atoms with van der Waals surface area (Å²) in [6.45, 7) is 7.88. The van der Waals surface area contributed by atoms with Crippen LogP contribution in [0, 0.1) is 0 Å². The first-order chi connectivity index (χ1) is 13.7. The van der Waals surface area contributed by atoms with Crippen LogP contribution in [0.5, 0.6) is 0 Å². The van der Waals surface area contributed by atoms with Crippen molar-refractivity contribution in [1.82, 2.24) is 14.5 Å². The number of fused-ring (bicyclic) bond motifs is 1. The van der Waals surface area contributed by atoms with E-state index in [1.54, 1.807) is 0 Å². The van der Waals surface area contributed by atoms with Crippen LogP contribution in [0.4, 0.5) is 5.69 Å². The van der Waals surface area contributed by atoms with Crippen molar-refractivity contribution in [2.24, 2.45) is 0 Å². The van der Waals surface area contributed by atoms with Gasteiger partial charge in [-0.3, -0.25) is 4.90 Å². The Balaban J connectivity index is 1.84. The van der Waals surface area contributed by atoms with E-state index in [0.717, 1.165) is 17.9 Å². The summed E-state index contributed by atoms with van der Waals surface area (Å²) in [7, 11) is 0. The van der Waals surface area contributed by atoms with Crippen molar-refractivity contribution >= 4 is 16.7 Å². The Morgan fingerprint density at radius 1 is 0.821 bits per heavy atom. The Labute approximate surface area is 172 Å². The first-order valence-corrected chi connectivity index (χ1v) is 11.7. The molecule has 1 heterocycles. The molecule has 1 aromatic carbocycles. The number of nitrogen functional groups attached to an aromatic ring is 1. The first kappa shape index (κ1) is 22.7. The van der Waals surface area contributed by atoms with E-state index < -0.39 is 0 Å². The van der Waals surface area contributed by atoms with Crippen molar-refractivity contribution in [3.05, 3.63) is 24.5 Å². The molecule has 158 valence electrons. The van der Waals surface area contributed by atoms with Crippen LogP contribution in [0.2, 0.25) is 0 Å². The molecular weight excluding hydrogens is 344 g/mol. The normalized spacial score (nSPS) is 11.7. The number of hydrogen-bond acceptors (Lipinski definition) is 3. The third-order valence-corrected chi connectivity index (χ3v) is 5.65. The van der Waals surface area contributed by atoms with Crippen molar-refractivity contribution in [1.29, 1.82) is 0 Å². The van der Waals surface area contributed by atoms with E-state index in [2.05, 4.69) is 34.4 Å². The molecule has 2 N–H and O–H groups in total. The number of imidazole rings is 1. The largest absolute Gasteiger partial charge is 0.399 e. The monoisotopic (exact) mass is 386 g/mol. The van der Waals surface area contributed by atoms with Gasteiger partial charge in [-0.15, -0.1) is 0 Å². The lowest BCUT2D eigenvalue weighted by Gasteiger charge is -2.23. The summed E-state index contributed by atoms with van der Waals surface area (Å²) < 4.78 is 2.28. The lowest BCUT2D eigenvalue weighted by Crippen LogP contribution is -2.28. The van der Waals surface area contributed by atoms with Crippen LogP contribution >= 0.6 is 0 Å². The van der Waals surface area contributed by atoms with Crippen molar-refractivity contribution in [3.8, 4) is 0 Å². The van der Waals surface area contributed by atoms with Crippen LogP contribution in [0.15, 0.2) is 24.5 Å². The van der Waals surface area contributed by atoms with E-state index in [1.807, 2.05) is 18.5 Å². The van der Waals surface area contributed by atoms with Crippen LogP contribution in [0.1, 0.15) is 90.9 Å². The SMILES string of the molecule is CCCCCCCCN(CCCCCCCC)Cn1cnc2cc(N)ccc21. The van der Waals surface area contributed by atoms with Gasteiger partial charge in [-0.25, -0.2) is 4.98 Å². The predicted octanol–water partition coefficient (Wildman–Crippen LogP) is 6.60. The van der Waals surface area contributed by atoms with Crippen LogP contribution in [0.25, 0.3) is 11.0 Å². The molecule has 0 aliphatic rings. The fourth-order valence-electron chi connectivity index (χ4n) is 3.89. The van der Waals surface area contributed by atoms with Crippen molar-refractivity contribution in [2.45, 2.75) is 97.6 Å². The number of aromatic nitrogens is 2. The zero-order valence-electron chi connectivity index (χ0n) is 18.3. The first-order valence-electron chi connectivity index (χ1n) is 11.7. The Hall–Kier alpha value is -1.55. The number of unbranched alkanes of at least 4 members (excludes halogenated alkanes) is 10. The van der Waals surface area contributed by atoms with Crippen molar-refractivity contribution in [2.75, 3.05) is 18.8 Å². The molecule has 2 rings (SSSR count). The highest BCUT2D eigenvalue weighted by Gasteiger charge is 2.09. The molecule has 0 aliphatic heterocycles. The second-order valence-electron chi connectivity index (χ2n) is 8.26. The number of rotatable bonds is 16. The van der Waals surface area contributed by atoms with Gasteiger partial charge >= 0.3 is 0 Å². The molecule has 28 heavy (non-hydrogen) atoms. The van der Waals surface area contributed by atoms with Crippen LogP contribution in [-0.2, 0) is 6.67 Å². The van der Waals surface area contributed by atoms with Gasteiger partial charge < -0.3 is 10.3 Å². The van der Waals surface area contributed by atoms with Gasteiger partial charge in [0.05, 0.1) is 24.0 Å². The van der Waals surface area contributed by atoms with E-state index in [-0.39, 0.29) is 0 Å².